The quantitative estimate of drug-likeness (QED) is 0.265. The summed E-state index contributed by atoms with van der Waals surface area (Å²) < 4.78 is 10.8. The topological polar surface area (TPSA) is 193 Å². The molecule has 0 aliphatic heterocycles. The van der Waals surface area contributed by atoms with Crippen LogP contribution in [0.3, 0.4) is 0 Å². The highest BCUT2D eigenvalue weighted by atomic mass is 16.6. The highest BCUT2D eigenvalue weighted by molar-refractivity contribution is 5.98. The number of rotatable bonds is 6. The standard InChI is InChI=1S/C16H11N9O5/c17-14-15(22-30-21-14)24-13(9-3-5-10(6-4-9)25(27)28)12(19-23-24)16(26)20-18-8-11-2-1-7-29-11/h1-8H,(H2,17,21)(H,20,26)/b18-8-. The number of anilines is 1. The molecule has 3 heterocycles. The van der Waals surface area contributed by atoms with Gasteiger partial charge >= 0.3 is 0 Å². The molecular formula is C16H11N9O5. The summed E-state index contributed by atoms with van der Waals surface area (Å²) >= 11 is 0. The van der Waals surface area contributed by atoms with Crippen molar-refractivity contribution in [2.24, 2.45) is 5.10 Å². The van der Waals surface area contributed by atoms with Gasteiger partial charge < -0.3 is 10.2 Å². The number of carbonyl (C=O) groups excluding carboxylic acids is 1. The Morgan fingerprint density at radius 2 is 2.07 bits per heavy atom. The number of benzene rings is 1. The molecule has 14 nitrogen and oxygen atoms in total. The van der Waals surface area contributed by atoms with E-state index in [1.54, 1.807) is 12.1 Å². The number of nitro benzene ring substituents is 1. The van der Waals surface area contributed by atoms with Gasteiger partial charge in [0, 0.05) is 17.7 Å². The largest absolute Gasteiger partial charge is 0.463 e. The Morgan fingerprint density at radius 3 is 2.70 bits per heavy atom. The van der Waals surface area contributed by atoms with Crippen LogP contribution in [0.1, 0.15) is 16.2 Å². The fraction of sp³-hybridized carbons (Fsp3) is 0. The molecule has 0 aliphatic rings. The van der Waals surface area contributed by atoms with E-state index in [4.69, 9.17) is 10.2 Å². The maximum absolute atomic E-state index is 12.6. The van der Waals surface area contributed by atoms with Crippen molar-refractivity contribution in [3.63, 3.8) is 0 Å². The van der Waals surface area contributed by atoms with Crippen molar-refractivity contribution >= 4 is 23.6 Å². The third-order valence-electron chi connectivity index (χ3n) is 3.83. The Balaban J connectivity index is 1.73. The summed E-state index contributed by atoms with van der Waals surface area (Å²) in [6.07, 6.45) is 2.76. The van der Waals surface area contributed by atoms with Gasteiger partial charge in [0.1, 0.15) is 11.5 Å². The highest BCUT2D eigenvalue weighted by Gasteiger charge is 2.25. The minimum atomic E-state index is -0.701. The number of furan rings is 1. The zero-order valence-corrected chi connectivity index (χ0v) is 14.9. The van der Waals surface area contributed by atoms with Crippen molar-refractivity contribution in [1.82, 2.24) is 30.7 Å². The predicted molar refractivity (Wildman–Crippen MR) is 99.5 cm³/mol. The molecule has 1 aromatic carbocycles. The van der Waals surface area contributed by atoms with Crippen molar-refractivity contribution in [3.05, 3.63) is 64.2 Å². The highest BCUT2D eigenvalue weighted by Crippen LogP contribution is 2.28. The first-order valence-electron chi connectivity index (χ1n) is 8.20. The molecule has 0 bridgehead atoms. The second-order valence-electron chi connectivity index (χ2n) is 5.69. The van der Waals surface area contributed by atoms with E-state index in [2.05, 4.69) is 35.8 Å². The summed E-state index contributed by atoms with van der Waals surface area (Å²) in [6.45, 7) is 0. The smallest absolute Gasteiger partial charge is 0.294 e. The average Bonchev–Trinajstić information content (AvgIpc) is 3.48. The van der Waals surface area contributed by atoms with Gasteiger partial charge in [-0.1, -0.05) is 5.21 Å². The van der Waals surface area contributed by atoms with E-state index >= 15 is 0 Å². The van der Waals surface area contributed by atoms with E-state index in [0.29, 0.717) is 11.3 Å². The number of amides is 1. The Hall–Kier alpha value is -4.88. The van der Waals surface area contributed by atoms with Crippen LogP contribution in [-0.2, 0) is 0 Å². The first-order valence-corrected chi connectivity index (χ1v) is 8.20. The van der Waals surface area contributed by atoms with E-state index < -0.39 is 10.8 Å². The number of nitrogens with two attached hydrogens (primary N) is 1. The zero-order chi connectivity index (χ0) is 21.1. The number of nitro groups is 1. The van der Waals surface area contributed by atoms with Crippen molar-refractivity contribution in [3.8, 4) is 17.1 Å². The minimum Gasteiger partial charge on any atom is -0.463 e. The van der Waals surface area contributed by atoms with Crippen LogP contribution in [-0.4, -0.2) is 42.4 Å². The molecule has 14 heteroatoms. The van der Waals surface area contributed by atoms with Crippen LogP contribution in [0, 0.1) is 10.1 Å². The number of nitrogens with one attached hydrogen (secondary N) is 1. The third kappa shape index (κ3) is 3.47. The summed E-state index contributed by atoms with van der Waals surface area (Å²) in [5, 5.41) is 29.6. The Labute approximate surface area is 166 Å². The monoisotopic (exact) mass is 409 g/mol. The molecule has 150 valence electrons. The molecule has 0 atom stereocenters. The van der Waals surface area contributed by atoms with Gasteiger partial charge in [-0.05, 0) is 34.6 Å². The van der Waals surface area contributed by atoms with Crippen LogP contribution < -0.4 is 11.2 Å². The summed E-state index contributed by atoms with van der Waals surface area (Å²) in [4.78, 5) is 23.0. The van der Waals surface area contributed by atoms with E-state index in [1.165, 1.54) is 36.7 Å². The number of hydrogen-bond acceptors (Lipinski definition) is 11. The molecule has 3 aromatic heterocycles. The van der Waals surface area contributed by atoms with Gasteiger partial charge in [-0.15, -0.1) is 5.10 Å². The summed E-state index contributed by atoms with van der Waals surface area (Å²) in [5.74, 6) is -0.372. The van der Waals surface area contributed by atoms with E-state index in [1.807, 2.05) is 0 Å². The number of aromatic nitrogens is 5. The van der Waals surface area contributed by atoms with Crippen molar-refractivity contribution in [2.75, 3.05) is 5.73 Å². The number of nitrogens with zero attached hydrogens (tertiary/aromatic N) is 7. The molecule has 0 aliphatic carbocycles. The van der Waals surface area contributed by atoms with Crippen molar-refractivity contribution < 1.29 is 18.8 Å². The Morgan fingerprint density at radius 1 is 1.27 bits per heavy atom. The van der Waals surface area contributed by atoms with Crippen LogP contribution in [0.25, 0.3) is 17.1 Å². The Bertz CT molecular complexity index is 1220. The summed E-state index contributed by atoms with van der Waals surface area (Å²) in [6, 6.07) is 8.72. The zero-order valence-electron chi connectivity index (χ0n) is 14.9. The second-order valence-corrected chi connectivity index (χ2v) is 5.69. The lowest BCUT2D eigenvalue weighted by atomic mass is 10.1. The van der Waals surface area contributed by atoms with E-state index in [9.17, 15) is 14.9 Å². The van der Waals surface area contributed by atoms with Crippen LogP contribution >= 0.6 is 0 Å². The van der Waals surface area contributed by atoms with Crippen LogP contribution in [0.4, 0.5) is 11.5 Å². The molecule has 0 saturated heterocycles. The Kier molecular flexibility index (Phi) is 4.70. The fourth-order valence-corrected chi connectivity index (χ4v) is 2.49. The first kappa shape index (κ1) is 18.5. The average molecular weight is 409 g/mol. The van der Waals surface area contributed by atoms with Crippen molar-refractivity contribution in [1.29, 1.82) is 0 Å². The molecule has 0 fully saturated rings. The van der Waals surface area contributed by atoms with Gasteiger partial charge in [-0.3, -0.25) is 14.9 Å². The predicted octanol–water partition coefficient (Wildman–Crippen LogP) is 1.16. The van der Waals surface area contributed by atoms with Crippen LogP contribution in [0.15, 0.2) is 56.8 Å². The van der Waals surface area contributed by atoms with E-state index in [-0.39, 0.29) is 28.7 Å². The first-order chi connectivity index (χ1) is 14.5. The lowest BCUT2D eigenvalue weighted by Gasteiger charge is -2.05. The fourth-order valence-electron chi connectivity index (χ4n) is 2.49. The van der Waals surface area contributed by atoms with Gasteiger partial charge in [0.25, 0.3) is 11.6 Å². The molecule has 1 amide bonds. The van der Waals surface area contributed by atoms with Gasteiger partial charge in [0.05, 0.1) is 17.4 Å². The maximum Gasteiger partial charge on any atom is 0.294 e. The number of hydrazone groups is 1. The molecule has 0 spiro atoms. The van der Waals surface area contributed by atoms with Crippen LogP contribution in [0.2, 0.25) is 0 Å². The number of carbonyl (C=O) groups is 1. The number of hydrogen-bond donors (Lipinski definition) is 2. The molecule has 30 heavy (non-hydrogen) atoms. The summed E-state index contributed by atoms with van der Waals surface area (Å²) in [5.41, 5.74) is 8.30. The number of non-ortho nitro benzene ring substituents is 1. The van der Waals surface area contributed by atoms with Crippen LogP contribution in [0.5, 0.6) is 0 Å². The second kappa shape index (κ2) is 7.63. The lowest BCUT2D eigenvalue weighted by Crippen LogP contribution is -2.19. The lowest BCUT2D eigenvalue weighted by molar-refractivity contribution is -0.384. The minimum absolute atomic E-state index is 0.00557. The van der Waals surface area contributed by atoms with Gasteiger partial charge in [0.15, 0.2) is 5.69 Å². The normalized spacial score (nSPS) is 11.1. The van der Waals surface area contributed by atoms with Gasteiger partial charge in [-0.2, -0.15) is 9.78 Å². The molecule has 3 N–H and O–H groups in total. The van der Waals surface area contributed by atoms with Gasteiger partial charge in [0.2, 0.25) is 11.6 Å². The SMILES string of the molecule is Nc1nonc1-n1nnc(C(=O)N/N=C\c2ccco2)c1-c1ccc([N+](=O)[O-])cc1. The molecule has 0 saturated carbocycles. The molecular weight excluding hydrogens is 398 g/mol. The molecule has 0 unspecified atom stereocenters. The molecule has 4 aromatic rings. The molecule has 4 rings (SSSR count). The molecule has 0 radical (unpaired) electrons. The van der Waals surface area contributed by atoms with Crippen molar-refractivity contribution in [2.45, 2.75) is 0 Å². The number of nitrogen functional groups attached to an aromatic ring is 1. The van der Waals surface area contributed by atoms with Gasteiger partial charge in [-0.25, -0.2) is 10.1 Å². The summed E-state index contributed by atoms with van der Waals surface area (Å²) in [7, 11) is 0. The maximum atomic E-state index is 12.6. The third-order valence-corrected chi connectivity index (χ3v) is 3.83. The van der Waals surface area contributed by atoms with E-state index in [0.717, 1.165) is 4.68 Å².